The Morgan fingerprint density at radius 3 is 2.44 bits per heavy atom. The van der Waals surface area contributed by atoms with Crippen LogP contribution >= 0.6 is 0 Å². The van der Waals surface area contributed by atoms with Gasteiger partial charge in [-0.15, -0.1) is 0 Å². The smallest absolute Gasteiger partial charge is 0.116 e. The summed E-state index contributed by atoms with van der Waals surface area (Å²) in [6.45, 7) is 4.29. The molecule has 0 bridgehead atoms. The van der Waals surface area contributed by atoms with Crippen molar-refractivity contribution in [2.24, 2.45) is 52.8 Å². The largest absolute Gasteiger partial charge is 0.378 e. The summed E-state index contributed by atoms with van der Waals surface area (Å²) < 4.78 is 32.2. The Morgan fingerprint density at radius 2 is 1.74 bits per heavy atom. The first-order valence-corrected chi connectivity index (χ1v) is 11.7. The first-order valence-electron chi connectivity index (χ1n) is 11.7. The van der Waals surface area contributed by atoms with Crippen molar-refractivity contribution in [3.05, 3.63) is 0 Å². The van der Waals surface area contributed by atoms with Gasteiger partial charge in [0.1, 0.15) is 6.67 Å². The fraction of sp³-hybridized carbons (Fsp3) is 1.00. The number of halogens is 2. The van der Waals surface area contributed by atoms with Gasteiger partial charge in [0.05, 0.1) is 12.8 Å². The van der Waals surface area contributed by atoms with Crippen LogP contribution in [0.5, 0.6) is 0 Å². The lowest BCUT2D eigenvalue weighted by molar-refractivity contribution is -0.0868. The first-order chi connectivity index (χ1) is 13.0. The number of hydrogen-bond acceptors (Lipinski definition) is 1. The van der Waals surface area contributed by atoms with Crippen LogP contribution in [0.3, 0.4) is 0 Å². The minimum absolute atomic E-state index is 0.104. The van der Waals surface area contributed by atoms with Crippen LogP contribution in [0, 0.1) is 52.8 Å². The topological polar surface area (TPSA) is 9.23 Å². The third-order valence-corrected chi connectivity index (χ3v) is 10.0. The van der Waals surface area contributed by atoms with E-state index in [0.29, 0.717) is 23.2 Å². The van der Waals surface area contributed by atoms with E-state index in [4.69, 9.17) is 4.74 Å². The van der Waals surface area contributed by atoms with Gasteiger partial charge in [0.25, 0.3) is 0 Å². The predicted molar refractivity (Wildman–Crippen MR) is 106 cm³/mol. The van der Waals surface area contributed by atoms with E-state index in [9.17, 15) is 8.78 Å². The molecule has 4 saturated carbocycles. The number of hydrogen-bond donors (Lipinski definition) is 0. The van der Waals surface area contributed by atoms with Gasteiger partial charge in [0, 0.05) is 7.11 Å². The Labute approximate surface area is 165 Å². The van der Waals surface area contributed by atoms with Crippen molar-refractivity contribution in [1.82, 2.24) is 0 Å². The van der Waals surface area contributed by atoms with E-state index in [2.05, 4.69) is 13.8 Å². The van der Waals surface area contributed by atoms with Crippen molar-refractivity contribution in [3.63, 3.8) is 0 Å². The molecule has 0 aromatic carbocycles. The van der Waals surface area contributed by atoms with Crippen LogP contribution in [0.1, 0.15) is 71.6 Å². The van der Waals surface area contributed by atoms with E-state index in [1.165, 1.54) is 44.9 Å². The highest BCUT2D eigenvalue weighted by Crippen LogP contribution is 2.65. The van der Waals surface area contributed by atoms with Gasteiger partial charge in [-0.2, -0.15) is 0 Å². The fourth-order valence-corrected chi connectivity index (χ4v) is 8.67. The van der Waals surface area contributed by atoms with Gasteiger partial charge in [0.2, 0.25) is 0 Å². The molecule has 3 heteroatoms. The van der Waals surface area contributed by atoms with Crippen LogP contribution in [0.4, 0.5) is 8.78 Å². The fourth-order valence-electron chi connectivity index (χ4n) is 8.67. The number of rotatable bonds is 5. The van der Waals surface area contributed by atoms with Crippen LogP contribution in [-0.4, -0.2) is 26.6 Å². The number of fused-ring (bicyclic) bond motifs is 5. The van der Waals surface area contributed by atoms with Gasteiger partial charge in [-0.1, -0.05) is 13.8 Å². The molecule has 10 atom stereocenters. The SMILES string of the molecule is CO[C@H](CF)[C@@H](C)[C@H]1CC[C@H]2[C@@H]3CC[C@@H]4C[C@@H](CF)CC[C@@H]4[C@H]3CC[C@]12C. The second-order valence-electron chi connectivity index (χ2n) is 10.8. The first kappa shape index (κ1) is 20.1. The van der Waals surface area contributed by atoms with Gasteiger partial charge in [-0.3, -0.25) is 4.39 Å². The third-order valence-electron chi connectivity index (χ3n) is 10.0. The van der Waals surface area contributed by atoms with E-state index in [0.717, 1.165) is 42.4 Å². The number of ether oxygens (including phenoxy) is 1. The molecule has 0 heterocycles. The van der Waals surface area contributed by atoms with Gasteiger partial charge >= 0.3 is 0 Å². The predicted octanol–water partition coefficient (Wildman–Crippen LogP) is 6.46. The molecule has 0 saturated heterocycles. The summed E-state index contributed by atoms with van der Waals surface area (Å²) in [6.07, 6.45) is 11.3. The molecule has 0 aromatic rings. The maximum absolute atomic E-state index is 13.5. The van der Waals surface area contributed by atoms with Crippen LogP contribution < -0.4 is 0 Å². The Morgan fingerprint density at radius 1 is 0.963 bits per heavy atom. The second-order valence-corrected chi connectivity index (χ2v) is 10.8. The number of methoxy groups -OCH3 is 1. The minimum atomic E-state index is -0.361. The summed E-state index contributed by atoms with van der Waals surface area (Å²) in [5.74, 6) is 5.50. The highest BCUT2D eigenvalue weighted by Gasteiger charge is 2.58. The Kier molecular flexibility index (Phi) is 5.90. The molecule has 1 nitrogen and oxygen atoms in total. The summed E-state index contributed by atoms with van der Waals surface area (Å²) in [6, 6.07) is 0. The highest BCUT2D eigenvalue weighted by molar-refractivity contribution is 5.07. The average molecular weight is 383 g/mol. The van der Waals surface area contributed by atoms with Crippen LogP contribution in [0.2, 0.25) is 0 Å². The van der Waals surface area contributed by atoms with E-state index >= 15 is 0 Å². The molecule has 4 fully saturated rings. The zero-order chi connectivity index (χ0) is 19.2. The van der Waals surface area contributed by atoms with Gasteiger partial charge in [-0.25, -0.2) is 4.39 Å². The molecule has 4 rings (SSSR count). The standard InChI is InChI=1S/C24H40F2O/c1-15(23(14-26)27-3)21-8-9-22-20-7-5-17-12-16(13-25)4-6-18(17)19(20)10-11-24(21,22)2/h15-23H,4-14H2,1-3H3/t15-,16-,17+,18-,19+,20+,21+,22-,23+,24+/m0/s1. The van der Waals surface area contributed by atoms with Crippen molar-refractivity contribution in [2.75, 3.05) is 20.5 Å². The Balaban J connectivity index is 1.49. The number of alkyl halides is 2. The molecule has 0 N–H and O–H groups in total. The lowest BCUT2D eigenvalue weighted by Crippen LogP contribution is -2.50. The lowest BCUT2D eigenvalue weighted by Gasteiger charge is -2.57. The van der Waals surface area contributed by atoms with Crippen molar-refractivity contribution >= 4 is 0 Å². The molecular formula is C24H40F2O. The van der Waals surface area contributed by atoms with Gasteiger partial charge in [0.15, 0.2) is 0 Å². The van der Waals surface area contributed by atoms with E-state index in [1.807, 2.05) is 0 Å². The molecule has 27 heavy (non-hydrogen) atoms. The Bertz CT molecular complexity index is 507. The summed E-state index contributed by atoms with van der Waals surface area (Å²) in [7, 11) is 1.67. The molecule has 0 spiro atoms. The molecule has 156 valence electrons. The summed E-state index contributed by atoms with van der Waals surface area (Å²) >= 11 is 0. The van der Waals surface area contributed by atoms with Gasteiger partial charge in [-0.05, 0) is 111 Å². The van der Waals surface area contributed by atoms with Crippen molar-refractivity contribution in [3.8, 4) is 0 Å². The van der Waals surface area contributed by atoms with Crippen LogP contribution in [-0.2, 0) is 4.74 Å². The van der Waals surface area contributed by atoms with Crippen molar-refractivity contribution < 1.29 is 13.5 Å². The summed E-state index contributed by atoms with van der Waals surface area (Å²) in [5, 5.41) is 0. The lowest BCUT2D eigenvalue weighted by atomic mass is 9.48. The van der Waals surface area contributed by atoms with Gasteiger partial charge < -0.3 is 4.74 Å². The third kappa shape index (κ3) is 3.28. The molecule has 0 unspecified atom stereocenters. The van der Waals surface area contributed by atoms with E-state index in [1.54, 1.807) is 7.11 Å². The molecular weight excluding hydrogens is 342 g/mol. The van der Waals surface area contributed by atoms with Crippen molar-refractivity contribution in [1.29, 1.82) is 0 Å². The van der Waals surface area contributed by atoms with Crippen molar-refractivity contribution in [2.45, 2.75) is 77.7 Å². The Hall–Kier alpha value is -0.180. The maximum atomic E-state index is 13.5. The maximum Gasteiger partial charge on any atom is 0.116 e. The quantitative estimate of drug-likeness (QED) is 0.530. The highest BCUT2D eigenvalue weighted by atomic mass is 19.1. The van der Waals surface area contributed by atoms with E-state index in [-0.39, 0.29) is 19.5 Å². The van der Waals surface area contributed by atoms with Crippen LogP contribution in [0.15, 0.2) is 0 Å². The minimum Gasteiger partial charge on any atom is -0.378 e. The average Bonchev–Trinajstić information content (AvgIpc) is 3.05. The molecule has 0 radical (unpaired) electrons. The molecule has 0 aliphatic heterocycles. The monoisotopic (exact) mass is 382 g/mol. The summed E-state index contributed by atoms with van der Waals surface area (Å²) in [4.78, 5) is 0. The zero-order valence-corrected chi connectivity index (χ0v) is 17.6. The summed E-state index contributed by atoms with van der Waals surface area (Å²) in [5.41, 5.74) is 0.371. The van der Waals surface area contributed by atoms with Crippen LogP contribution in [0.25, 0.3) is 0 Å². The molecule has 0 aromatic heterocycles. The molecule has 0 amide bonds. The second kappa shape index (κ2) is 7.92. The normalized spacial score (nSPS) is 49.0. The molecule has 4 aliphatic rings. The molecule has 4 aliphatic carbocycles. The zero-order valence-electron chi connectivity index (χ0n) is 17.6. The van der Waals surface area contributed by atoms with E-state index < -0.39 is 0 Å².